The van der Waals surface area contributed by atoms with Gasteiger partial charge in [0.05, 0.1) is 13.5 Å². The van der Waals surface area contributed by atoms with Crippen LogP contribution < -0.4 is 10.1 Å². The Kier molecular flexibility index (Phi) is 5.36. The first kappa shape index (κ1) is 15.0. The average Bonchev–Trinajstić information content (AvgIpc) is 2.37. The zero-order chi connectivity index (χ0) is 14.4. The first-order valence-corrected chi connectivity index (χ1v) is 6.06. The molecule has 5 nitrogen and oxygen atoms in total. The number of carboxylic acid groups (broad SMARTS) is 1. The quantitative estimate of drug-likeness (QED) is 0.822. The maximum Gasteiger partial charge on any atom is 0.303 e. The summed E-state index contributed by atoms with van der Waals surface area (Å²) in [5.41, 5.74) is 3.13. The molecule has 1 amide bonds. The molecule has 0 saturated carbocycles. The van der Waals surface area contributed by atoms with Crippen molar-refractivity contribution in [2.24, 2.45) is 0 Å². The number of ether oxygens (including phenoxy) is 1. The highest BCUT2D eigenvalue weighted by atomic mass is 16.5. The SMILES string of the molecule is COc1cc(C)c(C)cc1CNC(=O)CCC(=O)O. The van der Waals surface area contributed by atoms with Gasteiger partial charge in [0.15, 0.2) is 0 Å². The number of carboxylic acids is 1. The van der Waals surface area contributed by atoms with Crippen molar-refractivity contribution in [1.82, 2.24) is 5.32 Å². The van der Waals surface area contributed by atoms with Gasteiger partial charge in [0.2, 0.25) is 5.91 Å². The molecule has 19 heavy (non-hydrogen) atoms. The predicted octanol–water partition coefficient (Wildman–Crippen LogP) is 1.79. The Morgan fingerprint density at radius 2 is 1.84 bits per heavy atom. The minimum atomic E-state index is -0.973. The highest BCUT2D eigenvalue weighted by Gasteiger charge is 2.09. The van der Waals surface area contributed by atoms with E-state index in [2.05, 4.69) is 5.32 Å². The lowest BCUT2D eigenvalue weighted by molar-refractivity contribution is -0.138. The minimum absolute atomic E-state index is 0.0114. The van der Waals surface area contributed by atoms with E-state index in [9.17, 15) is 9.59 Å². The zero-order valence-electron chi connectivity index (χ0n) is 11.4. The van der Waals surface area contributed by atoms with Crippen molar-refractivity contribution in [3.8, 4) is 5.75 Å². The number of carbonyl (C=O) groups is 2. The maximum atomic E-state index is 11.5. The van der Waals surface area contributed by atoms with Gasteiger partial charge in [0.25, 0.3) is 0 Å². The molecule has 0 aliphatic carbocycles. The van der Waals surface area contributed by atoms with Crippen LogP contribution in [0.15, 0.2) is 12.1 Å². The number of hydrogen-bond acceptors (Lipinski definition) is 3. The van der Waals surface area contributed by atoms with Gasteiger partial charge in [0.1, 0.15) is 5.75 Å². The summed E-state index contributed by atoms with van der Waals surface area (Å²) in [5.74, 6) is -0.525. The molecule has 104 valence electrons. The van der Waals surface area contributed by atoms with Gasteiger partial charge in [0, 0.05) is 18.5 Å². The van der Waals surface area contributed by atoms with Crippen molar-refractivity contribution in [3.05, 3.63) is 28.8 Å². The second-order valence-corrected chi connectivity index (χ2v) is 4.42. The molecule has 0 atom stereocenters. The first-order valence-electron chi connectivity index (χ1n) is 6.06. The third-order valence-electron chi connectivity index (χ3n) is 2.94. The second-order valence-electron chi connectivity index (χ2n) is 4.42. The minimum Gasteiger partial charge on any atom is -0.496 e. The van der Waals surface area contributed by atoms with Crippen molar-refractivity contribution in [3.63, 3.8) is 0 Å². The molecule has 0 spiro atoms. The molecule has 0 saturated heterocycles. The summed E-state index contributed by atoms with van der Waals surface area (Å²) in [6.45, 7) is 4.32. The van der Waals surface area contributed by atoms with E-state index >= 15 is 0 Å². The normalized spacial score (nSPS) is 10.1. The van der Waals surface area contributed by atoms with Crippen LogP contribution in [-0.4, -0.2) is 24.1 Å². The topological polar surface area (TPSA) is 75.6 Å². The smallest absolute Gasteiger partial charge is 0.303 e. The lowest BCUT2D eigenvalue weighted by atomic mass is 10.0. The standard InChI is InChI=1S/C14H19NO4/c1-9-6-11(12(19-3)7-10(9)2)8-15-13(16)4-5-14(17)18/h6-7H,4-5,8H2,1-3H3,(H,15,16)(H,17,18). The van der Waals surface area contributed by atoms with Gasteiger partial charge in [-0.25, -0.2) is 0 Å². The van der Waals surface area contributed by atoms with Crippen molar-refractivity contribution in [2.45, 2.75) is 33.2 Å². The fourth-order valence-corrected chi connectivity index (χ4v) is 1.68. The van der Waals surface area contributed by atoms with Crippen LogP contribution in [0, 0.1) is 13.8 Å². The van der Waals surface area contributed by atoms with E-state index in [1.807, 2.05) is 26.0 Å². The zero-order valence-corrected chi connectivity index (χ0v) is 11.4. The van der Waals surface area contributed by atoms with E-state index in [-0.39, 0.29) is 18.7 Å². The van der Waals surface area contributed by atoms with Crippen LogP contribution in [0.25, 0.3) is 0 Å². The van der Waals surface area contributed by atoms with Crippen LogP contribution >= 0.6 is 0 Å². The largest absolute Gasteiger partial charge is 0.496 e. The predicted molar refractivity (Wildman–Crippen MR) is 71.2 cm³/mol. The molecule has 2 N–H and O–H groups in total. The Morgan fingerprint density at radius 1 is 1.21 bits per heavy atom. The first-order chi connectivity index (χ1) is 8.93. The second kappa shape index (κ2) is 6.78. The fourth-order valence-electron chi connectivity index (χ4n) is 1.68. The molecule has 0 heterocycles. The number of nitrogens with one attached hydrogen (secondary N) is 1. The van der Waals surface area contributed by atoms with E-state index in [4.69, 9.17) is 9.84 Å². The van der Waals surface area contributed by atoms with Crippen LogP contribution in [0.4, 0.5) is 0 Å². The van der Waals surface area contributed by atoms with Crippen LogP contribution in [0.2, 0.25) is 0 Å². The summed E-state index contributed by atoms with van der Waals surface area (Å²) in [6.07, 6.45) is -0.168. The molecular weight excluding hydrogens is 246 g/mol. The summed E-state index contributed by atoms with van der Waals surface area (Å²) in [4.78, 5) is 21.8. The van der Waals surface area contributed by atoms with Crippen molar-refractivity contribution in [2.75, 3.05) is 7.11 Å². The number of hydrogen-bond donors (Lipinski definition) is 2. The summed E-state index contributed by atoms with van der Waals surface area (Å²) in [7, 11) is 1.58. The third-order valence-corrected chi connectivity index (χ3v) is 2.94. The van der Waals surface area contributed by atoms with E-state index < -0.39 is 5.97 Å². The highest BCUT2D eigenvalue weighted by molar-refractivity contribution is 5.80. The van der Waals surface area contributed by atoms with Crippen LogP contribution in [0.1, 0.15) is 29.5 Å². The average molecular weight is 265 g/mol. The van der Waals surface area contributed by atoms with Crippen LogP contribution in [-0.2, 0) is 16.1 Å². The van der Waals surface area contributed by atoms with E-state index in [1.54, 1.807) is 7.11 Å². The van der Waals surface area contributed by atoms with Crippen molar-refractivity contribution in [1.29, 1.82) is 0 Å². The number of carbonyl (C=O) groups excluding carboxylic acids is 1. The highest BCUT2D eigenvalue weighted by Crippen LogP contribution is 2.22. The molecule has 0 aliphatic rings. The number of amides is 1. The number of aliphatic carboxylic acids is 1. The third kappa shape index (κ3) is 4.62. The van der Waals surface area contributed by atoms with Gasteiger partial charge < -0.3 is 15.2 Å². The lowest BCUT2D eigenvalue weighted by Crippen LogP contribution is -2.23. The summed E-state index contributed by atoms with van der Waals surface area (Å²) >= 11 is 0. The number of benzene rings is 1. The van der Waals surface area contributed by atoms with Gasteiger partial charge in [-0.1, -0.05) is 6.07 Å². The number of aryl methyl sites for hydroxylation is 2. The molecule has 0 aromatic heterocycles. The molecule has 0 bridgehead atoms. The molecule has 0 fully saturated rings. The Labute approximate surface area is 112 Å². The molecule has 1 rings (SSSR count). The van der Waals surface area contributed by atoms with Gasteiger partial charge in [-0.2, -0.15) is 0 Å². The van der Waals surface area contributed by atoms with E-state index in [1.165, 1.54) is 0 Å². The summed E-state index contributed by atoms with van der Waals surface area (Å²) < 4.78 is 5.27. The van der Waals surface area contributed by atoms with Gasteiger partial charge >= 0.3 is 5.97 Å². The lowest BCUT2D eigenvalue weighted by Gasteiger charge is -2.12. The molecule has 1 aromatic rings. The van der Waals surface area contributed by atoms with Crippen LogP contribution in [0.3, 0.4) is 0 Å². The Balaban J connectivity index is 2.64. The molecule has 1 aromatic carbocycles. The Morgan fingerprint density at radius 3 is 2.42 bits per heavy atom. The van der Waals surface area contributed by atoms with Gasteiger partial charge in [-0.05, 0) is 31.0 Å². The number of methoxy groups -OCH3 is 1. The molecule has 0 unspecified atom stereocenters. The Bertz CT molecular complexity index is 483. The molecule has 0 radical (unpaired) electrons. The summed E-state index contributed by atoms with van der Waals surface area (Å²) in [5, 5.41) is 11.2. The summed E-state index contributed by atoms with van der Waals surface area (Å²) in [6, 6.07) is 3.89. The van der Waals surface area contributed by atoms with E-state index in [0.717, 1.165) is 22.4 Å². The van der Waals surface area contributed by atoms with E-state index in [0.29, 0.717) is 6.54 Å². The fraction of sp³-hybridized carbons (Fsp3) is 0.429. The maximum absolute atomic E-state index is 11.5. The van der Waals surface area contributed by atoms with Crippen molar-refractivity contribution < 1.29 is 19.4 Å². The Hall–Kier alpha value is -2.04. The molecular formula is C14H19NO4. The number of rotatable bonds is 6. The van der Waals surface area contributed by atoms with Crippen molar-refractivity contribution >= 4 is 11.9 Å². The van der Waals surface area contributed by atoms with Gasteiger partial charge in [-0.15, -0.1) is 0 Å². The molecule has 0 aliphatic heterocycles. The van der Waals surface area contributed by atoms with Crippen LogP contribution in [0.5, 0.6) is 5.75 Å². The molecule has 5 heteroatoms. The monoisotopic (exact) mass is 265 g/mol. The van der Waals surface area contributed by atoms with Gasteiger partial charge in [-0.3, -0.25) is 9.59 Å².